The van der Waals surface area contributed by atoms with Gasteiger partial charge in [0.15, 0.2) is 5.82 Å². The number of aromatic amines is 1. The largest absolute Gasteiger partial charge is 0.374 e. The quantitative estimate of drug-likeness (QED) is 0.775. The van der Waals surface area contributed by atoms with Gasteiger partial charge in [0.05, 0.1) is 0 Å². The normalized spacial score (nSPS) is 13.3. The van der Waals surface area contributed by atoms with Gasteiger partial charge >= 0.3 is 0 Å². The van der Waals surface area contributed by atoms with Gasteiger partial charge in [0.1, 0.15) is 5.82 Å². The number of likely N-dealkylation sites (N-methyl/N-ethyl adjacent to an activating group) is 1. The molecule has 5 heteroatoms. The fourth-order valence-corrected chi connectivity index (χ4v) is 3.22. The lowest BCUT2D eigenvalue weighted by Crippen LogP contribution is -2.12. The molecule has 24 heavy (non-hydrogen) atoms. The first-order valence-electron chi connectivity index (χ1n) is 8.26. The van der Waals surface area contributed by atoms with Crippen molar-refractivity contribution in [3.63, 3.8) is 0 Å². The molecular formula is C19H21N5. The standard InChI is InChI=1S/C19H21N5/c1-24-9-8-16-10-14(4-7-17(16)24)11-18-21-19(23-22-18)15-5-2-13(12-20)3-6-15/h2-7,10H,8-9,11-12,20H2,1H3,(H,21,22,23). The molecule has 0 fully saturated rings. The number of nitrogens with zero attached hydrogens (tertiary/aromatic N) is 3. The van der Waals surface area contributed by atoms with Crippen LogP contribution in [0.25, 0.3) is 11.4 Å². The molecule has 0 radical (unpaired) electrons. The van der Waals surface area contributed by atoms with E-state index in [-0.39, 0.29) is 0 Å². The Labute approximate surface area is 141 Å². The fourth-order valence-electron chi connectivity index (χ4n) is 3.22. The number of hydrogen-bond acceptors (Lipinski definition) is 4. The molecule has 0 atom stereocenters. The van der Waals surface area contributed by atoms with Crippen LogP contribution in [-0.4, -0.2) is 28.8 Å². The molecule has 3 aromatic rings. The van der Waals surface area contributed by atoms with Gasteiger partial charge in [-0.05, 0) is 29.2 Å². The highest BCUT2D eigenvalue weighted by Crippen LogP contribution is 2.28. The van der Waals surface area contributed by atoms with Crippen LogP contribution in [0.1, 0.15) is 22.5 Å². The van der Waals surface area contributed by atoms with Crippen molar-refractivity contribution in [3.8, 4) is 11.4 Å². The van der Waals surface area contributed by atoms with E-state index in [9.17, 15) is 0 Å². The molecule has 0 unspecified atom stereocenters. The minimum absolute atomic E-state index is 0.549. The van der Waals surface area contributed by atoms with Gasteiger partial charge in [0, 0.05) is 37.8 Å². The molecule has 0 bridgehead atoms. The van der Waals surface area contributed by atoms with E-state index in [1.807, 2.05) is 24.3 Å². The average molecular weight is 319 g/mol. The molecule has 1 aromatic heterocycles. The van der Waals surface area contributed by atoms with Crippen molar-refractivity contribution in [2.75, 3.05) is 18.5 Å². The maximum atomic E-state index is 5.64. The maximum absolute atomic E-state index is 5.64. The third kappa shape index (κ3) is 2.78. The van der Waals surface area contributed by atoms with Crippen molar-refractivity contribution < 1.29 is 0 Å². The van der Waals surface area contributed by atoms with Gasteiger partial charge in [-0.3, -0.25) is 5.10 Å². The predicted octanol–water partition coefficient (Wildman–Crippen LogP) is 2.51. The van der Waals surface area contributed by atoms with Crippen LogP contribution < -0.4 is 10.6 Å². The monoisotopic (exact) mass is 319 g/mol. The summed E-state index contributed by atoms with van der Waals surface area (Å²) in [5.41, 5.74) is 11.8. The van der Waals surface area contributed by atoms with Gasteiger partial charge in [-0.25, -0.2) is 4.98 Å². The summed E-state index contributed by atoms with van der Waals surface area (Å²) >= 11 is 0. The highest BCUT2D eigenvalue weighted by atomic mass is 15.2. The maximum Gasteiger partial charge on any atom is 0.181 e. The van der Waals surface area contributed by atoms with E-state index in [4.69, 9.17) is 5.73 Å². The molecule has 5 nitrogen and oxygen atoms in total. The SMILES string of the molecule is CN1CCc2cc(Cc3nc(-c4ccc(CN)cc4)n[nH]3)ccc21. The van der Waals surface area contributed by atoms with E-state index in [0.29, 0.717) is 6.54 Å². The summed E-state index contributed by atoms with van der Waals surface area (Å²) in [4.78, 5) is 6.93. The molecule has 0 aliphatic carbocycles. The summed E-state index contributed by atoms with van der Waals surface area (Å²) in [5.74, 6) is 1.62. The summed E-state index contributed by atoms with van der Waals surface area (Å²) in [6.07, 6.45) is 1.89. The topological polar surface area (TPSA) is 70.8 Å². The predicted molar refractivity (Wildman–Crippen MR) is 95.9 cm³/mol. The van der Waals surface area contributed by atoms with E-state index in [1.54, 1.807) is 0 Å². The molecule has 4 rings (SSSR count). The third-order valence-corrected chi connectivity index (χ3v) is 4.62. The second-order valence-electron chi connectivity index (χ2n) is 6.32. The Morgan fingerprint density at radius 1 is 1.12 bits per heavy atom. The van der Waals surface area contributed by atoms with Crippen LogP contribution in [-0.2, 0) is 19.4 Å². The Bertz CT molecular complexity index is 850. The molecule has 1 aliphatic rings. The lowest BCUT2D eigenvalue weighted by Gasteiger charge is -2.11. The number of hydrogen-bond donors (Lipinski definition) is 2. The Hall–Kier alpha value is -2.66. The summed E-state index contributed by atoms with van der Waals surface area (Å²) in [5, 5.41) is 7.41. The number of anilines is 1. The van der Waals surface area contributed by atoms with Gasteiger partial charge in [0.2, 0.25) is 0 Å². The summed E-state index contributed by atoms with van der Waals surface area (Å²) < 4.78 is 0. The number of nitrogens with one attached hydrogen (secondary N) is 1. The average Bonchev–Trinajstić information content (AvgIpc) is 3.22. The number of fused-ring (bicyclic) bond motifs is 1. The smallest absolute Gasteiger partial charge is 0.181 e. The first-order chi connectivity index (χ1) is 11.7. The number of aromatic nitrogens is 3. The number of benzene rings is 2. The van der Waals surface area contributed by atoms with Crippen LogP contribution in [0.5, 0.6) is 0 Å². The van der Waals surface area contributed by atoms with E-state index in [1.165, 1.54) is 16.8 Å². The minimum atomic E-state index is 0.549. The molecule has 0 saturated heterocycles. The Kier molecular flexibility index (Phi) is 3.78. The zero-order valence-corrected chi connectivity index (χ0v) is 13.8. The van der Waals surface area contributed by atoms with Gasteiger partial charge in [-0.2, -0.15) is 5.10 Å². The highest BCUT2D eigenvalue weighted by Gasteiger charge is 2.16. The Morgan fingerprint density at radius 2 is 1.92 bits per heavy atom. The molecule has 0 saturated carbocycles. The fraction of sp³-hybridized carbons (Fsp3) is 0.263. The van der Waals surface area contributed by atoms with Crippen LogP contribution in [0.3, 0.4) is 0 Å². The molecule has 0 amide bonds. The van der Waals surface area contributed by atoms with Crippen molar-refractivity contribution in [2.24, 2.45) is 5.73 Å². The van der Waals surface area contributed by atoms with Gasteiger partial charge in [-0.15, -0.1) is 0 Å². The molecule has 1 aliphatic heterocycles. The summed E-state index contributed by atoms with van der Waals surface area (Å²) in [7, 11) is 2.14. The van der Waals surface area contributed by atoms with Crippen molar-refractivity contribution in [1.29, 1.82) is 0 Å². The van der Waals surface area contributed by atoms with Crippen molar-refractivity contribution in [2.45, 2.75) is 19.4 Å². The zero-order valence-electron chi connectivity index (χ0n) is 13.8. The second kappa shape index (κ2) is 6.09. The summed E-state index contributed by atoms with van der Waals surface area (Å²) in [6, 6.07) is 14.7. The van der Waals surface area contributed by atoms with Crippen molar-refractivity contribution >= 4 is 5.69 Å². The molecule has 3 N–H and O–H groups in total. The number of nitrogens with two attached hydrogens (primary N) is 1. The van der Waals surface area contributed by atoms with E-state index in [0.717, 1.165) is 42.2 Å². The molecule has 122 valence electrons. The minimum Gasteiger partial charge on any atom is -0.374 e. The van der Waals surface area contributed by atoms with Crippen molar-refractivity contribution in [3.05, 3.63) is 65.0 Å². The molecule has 2 heterocycles. The van der Waals surface area contributed by atoms with Crippen LogP contribution in [0, 0.1) is 0 Å². The molecular weight excluding hydrogens is 298 g/mol. The van der Waals surface area contributed by atoms with Gasteiger partial charge in [0.25, 0.3) is 0 Å². The Morgan fingerprint density at radius 3 is 2.71 bits per heavy atom. The molecule has 0 spiro atoms. The highest BCUT2D eigenvalue weighted by molar-refractivity contribution is 5.59. The lowest BCUT2D eigenvalue weighted by molar-refractivity contribution is 0.954. The van der Waals surface area contributed by atoms with Gasteiger partial charge < -0.3 is 10.6 Å². The van der Waals surface area contributed by atoms with Crippen LogP contribution in [0.2, 0.25) is 0 Å². The van der Waals surface area contributed by atoms with Crippen LogP contribution in [0.15, 0.2) is 42.5 Å². The van der Waals surface area contributed by atoms with Crippen LogP contribution in [0.4, 0.5) is 5.69 Å². The van der Waals surface area contributed by atoms with E-state index in [2.05, 4.69) is 45.3 Å². The van der Waals surface area contributed by atoms with E-state index >= 15 is 0 Å². The lowest BCUT2D eigenvalue weighted by atomic mass is 10.1. The van der Waals surface area contributed by atoms with Crippen LogP contribution >= 0.6 is 0 Å². The van der Waals surface area contributed by atoms with Crippen molar-refractivity contribution in [1.82, 2.24) is 15.2 Å². The number of rotatable bonds is 4. The van der Waals surface area contributed by atoms with Gasteiger partial charge in [-0.1, -0.05) is 36.4 Å². The summed E-state index contributed by atoms with van der Waals surface area (Å²) in [6.45, 7) is 1.65. The van der Waals surface area contributed by atoms with E-state index < -0.39 is 0 Å². The number of H-pyrrole nitrogens is 1. The Balaban J connectivity index is 1.53. The first-order valence-corrected chi connectivity index (χ1v) is 8.26. The third-order valence-electron chi connectivity index (χ3n) is 4.62. The molecule has 2 aromatic carbocycles. The first kappa shape index (κ1) is 14.9. The second-order valence-corrected chi connectivity index (χ2v) is 6.32. The zero-order chi connectivity index (χ0) is 16.5.